The fourth-order valence-electron chi connectivity index (χ4n) is 3.48. The van der Waals surface area contributed by atoms with Gasteiger partial charge in [-0.2, -0.15) is 0 Å². The summed E-state index contributed by atoms with van der Waals surface area (Å²) in [7, 11) is 0. The molecule has 160 valence electrons. The van der Waals surface area contributed by atoms with E-state index in [1.54, 1.807) is 12.1 Å². The van der Waals surface area contributed by atoms with Gasteiger partial charge in [-0.1, -0.05) is 36.4 Å². The zero-order valence-electron chi connectivity index (χ0n) is 18.5. The Morgan fingerprint density at radius 3 is 2.39 bits per heavy atom. The summed E-state index contributed by atoms with van der Waals surface area (Å²) in [6.45, 7) is 14.2. The van der Waals surface area contributed by atoms with Crippen LogP contribution in [-0.4, -0.2) is 24.7 Å². The van der Waals surface area contributed by atoms with E-state index in [-0.39, 0.29) is 5.91 Å². The number of hydrogen-bond donors (Lipinski definition) is 1. The SMILES string of the molecule is C=C1C(NC(=O)c2ccccc2)=CC(=Nc2ccc(N(CC)CC)cc2C)C(C)=C1Cl. The summed E-state index contributed by atoms with van der Waals surface area (Å²) in [5.74, 6) is -0.212. The Morgan fingerprint density at radius 1 is 1.10 bits per heavy atom. The number of nitrogens with one attached hydrogen (secondary N) is 1. The Balaban J connectivity index is 1.94. The summed E-state index contributed by atoms with van der Waals surface area (Å²) >= 11 is 6.55. The summed E-state index contributed by atoms with van der Waals surface area (Å²) in [4.78, 5) is 19.8. The zero-order valence-corrected chi connectivity index (χ0v) is 19.3. The molecule has 3 rings (SSSR count). The molecule has 5 heteroatoms. The number of carbonyl (C=O) groups excluding carboxylic acids is 1. The Kier molecular flexibility index (Phi) is 7.13. The Morgan fingerprint density at radius 2 is 1.77 bits per heavy atom. The lowest BCUT2D eigenvalue weighted by Gasteiger charge is -2.22. The Hall–Kier alpha value is -3.11. The van der Waals surface area contributed by atoms with Crippen LogP contribution >= 0.6 is 11.6 Å². The fraction of sp³-hybridized carbons (Fsp3) is 0.231. The molecule has 1 amide bonds. The van der Waals surface area contributed by atoms with Gasteiger partial charge in [-0.15, -0.1) is 0 Å². The highest BCUT2D eigenvalue weighted by molar-refractivity contribution is 6.36. The van der Waals surface area contributed by atoms with Crippen LogP contribution in [0.2, 0.25) is 0 Å². The lowest BCUT2D eigenvalue weighted by atomic mass is 9.98. The topological polar surface area (TPSA) is 44.7 Å². The smallest absolute Gasteiger partial charge is 0.255 e. The van der Waals surface area contributed by atoms with Crippen LogP contribution in [0.3, 0.4) is 0 Å². The number of rotatable bonds is 6. The first kappa shape index (κ1) is 22.6. The number of amides is 1. The van der Waals surface area contributed by atoms with Gasteiger partial charge in [0.2, 0.25) is 0 Å². The number of allylic oxidation sites excluding steroid dienone is 3. The van der Waals surface area contributed by atoms with E-state index >= 15 is 0 Å². The number of aliphatic imine (C=N–C) groups is 1. The molecule has 31 heavy (non-hydrogen) atoms. The third-order valence-corrected chi connectivity index (χ3v) is 5.93. The van der Waals surface area contributed by atoms with Crippen LogP contribution in [0.4, 0.5) is 11.4 Å². The molecule has 0 spiro atoms. The van der Waals surface area contributed by atoms with Gasteiger partial charge in [0, 0.05) is 29.9 Å². The summed E-state index contributed by atoms with van der Waals surface area (Å²) < 4.78 is 0. The van der Waals surface area contributed by atoms with Crippen LogP contribution in [0.15, 0.2) is 88.1 Å². The van der Waals surface area contributed by atoms with Crippen LogP contribution in [0.5, 0.6) is 0 Å². The van der Waals surface area contributed by atoms with Gasteiger partial charge < -0.3 is 10.2 Å². The predicted octanol–water partition coefficient (Wildman–Crippen LogP) is 6.31. The summed E-state index contributed by atoms with van der Waals surface area (Å²) in [5, 5.41) is 3.42. The third-order valence-electron chi connectivity index (χ3n) is 5.42. The molecule has 2 aromatic rings. The van der Waals surface area contributed by atoms with E-state index in [1.807, 2.05) is 37.3 Å². The molecular formula is C26H28ClN3O. The van der Waals surface area contributed by atoms with Gasteiger partial charge in [-0.25, -0.2) is 4.99 Å². The van der Waals surface area contributed by atoms with E-state index in [9.17, 15) is 4.79 Å². The largest absolute Gasteiger partial charge is 0.372 e. The molecule has 0 aromatic heterocycles. The molecule has 1 N–H and O–H groups in total. The van der Waals surface area contributed by atoms with E-state index in [0.717, 1.165) is 29.9 Å². The fourth-order valence-corrected chi connectivity index (χ4v) is 3.68. The average molecular weight is 434 g/mol. The highest BCUT2D eigenvalue weighted by atomic mass is 35.5. The number of aryl methyl sites for hydroxylation is 1. The normalized spacial score (nSPS) is 15.2. The van der Waals surface area contributed by atoms with Crippen LogP contribution in [0, 0.1) is 6.92 Å². The molecule has 0 aliphatic heterocycles. The molecule has 0 saturated carbocycles. The molecule has 2 aromatic carbocycles. The molecule has 0 heterocycles. The molecule has 0 fully saturated rings. The summed E-state index contributed by atoms with van der Waals surface area (Å²) in [5.41, 5.74) is 6.37. The molecule has 0 saturated heterocycles. The van der Waals surface area contributed by atoms with Crippen molar-refractivity contribution in [3.05, 3.63) is 94.2 Å². The van der Waals surface area contributed by atoms with Crippen molar-refractivity contribution in [2.24, 2.45) is 4.99 Å². The number of hydrogen-bond acceptors (Lipinski definition) is 3. The van der Waals surface area contributed by atoms with Crippen molar-refractivity contribution in [2.75, 3.05) is 18.0 Å². The van der Waals surface area contributed by atoms with Crippen LogP contribution in [-0.2, 0) is 0 Å². The van der Waals surface area contributed by atoms with Crippen molar-refractivity contribution in [3.8, 4) is 0 Å². The maximum absolute atomic E-state index is 12.6. The quantitative estimate of drug-likeness (QED) is 0.580. The van der Waals surface area contributed by atoms with E-state index in [2.05, 4.69) is 49.7 Å². The second-order valence-electron chi connectivity index (χ2n) is 7.44. The zero-order chi connectivity index (χ0) is 22.5. The second-order valence-corrected chi connectivity index (χ2v) is 7.81. The summed E-state index contributed by atoms with van der Waals surface area (Å²) in [6.07, 6.45) is 1.84. The van der Waals surface area contributed by atoms with Gasteiger partial charge in [0.25, 0.3) is 5.91 Å². The molecular weight excluding hydrogens is 406 g/mol. The standard InChI is InChI=1S/C26H28ClN3O/c1-6-30(7-2)21-13-14-22(17(3)15-21)28-23-16-24(19(5)25(27)18(23)4)29-26(31)20-11-9-8-10-12-20/h8-16H,5-7H2,1-4H3,(H,29,31). The Bertz CT molecular complexity index is 1090. The maximum atomic E-state index is 12.6. The molecule has 4 nitrogen and oxygen atoms in total. The van der Waals surface area contributed by atoms with Crippen molar-refractivity contribution in [3.63, 3.8) is 0 Å². The van der Waals surface area contributed by atoms with E-state index in [4.69, 9.17) is 16.6 Å². The second kappa shape index (κ2) is 9.80. The number of nitrogens with zero attached hydrogens (tertiary/aromatic N) is 2. The Labute approximate surface area is 189 Å². The van der Waals surface area contributed by atoms with Crippen molar-refractivity contribution in [1.82, 2.24) is 5.32 Å². The van der Waals surface area contributed by atoms with E-state index < -0.39 is 0 Å². The minimum atomic E-state index is -0.212. The minimum absolute atomic E-state index is 0.212. The average Bonchev–Trinajstić information content (AvgIpc) is 2.78. The number of benzene rings is 2. The van der Waals surface area contributed by atoms with Gasteiger partial charge in [0.1, 0.15) is 0 Å². The lowest BCUT2D eigenvalue weighted by Crippen LogP contribution is -2.26. The molecule has 1 aliphatic rings. The lowest BCUT2D eigenvalue weighted by molar-refractivity contribution is 0.0967. The van der Waals surface area contributed by atoms with Gasteiger partial charge in [-0.05, 0) is 75.2 Å². The van der Waals surface area contributed by atoms with Crippen molar-refractivity contribution < 1.29 is 4.79 Å². The first-order chi connectivity index (χ1) is 14.8. The molecule has 0 unspecified atom stereocenters. The van der Waals surface area contributed by atoms with E-state index in [0.29, 0.717) is 27.6 Å². The van der Waals surface area contributed by atoms with Gasteiger partial charge in [-0.3, -0.25) is 4.79 Å². The van der Waals surface area contributed by atoms with Crippen molar-refractivity contribution in [2.45, 2.75) is 27.7 Å². The molecule has 0 radical (unpaired) electrons. The number of halogens is 1. The van der Waals surface area contributed by atoms with Crippen molar-refractivity contribution in [1.29, 1.82) is 0 Å². The first-order valence-electron chi connectivity index (χ1n) is 10.4. The van der Waals surface area contributed by atoms with Crippen LogP contribution in [0.25, 0.3) is 0 Å². The number of anilines is 1. The van der Waals surface area contributed by atoms with Gasteiger partial charge in [0.05, 0.1) is 22.1 Å². The number of carbonyl (C=O) groups is 1. The van der Waals surface area contributed by atoms with Crippen LogP contribution < -0.4 is 10.2 Å². The highest BCUT2D eigenvalue weighted by Gasteiger charge is 2.21. The predicted molar refractivity (Wildman–Crippen MR) is 132 cm³/mol. The van der Waals surface area contributed by atoms with Crippen LogP contribution in [0.1, 0.15) is 36.7 Å². The van der Waals surface area contributed by atoms with Gasteiger partial charge >= 0.3 is 0 Å². The molecule has 1 aliphatic carbocycles. The minimum Gasteiger partial charge on any atom is -0.372 e. The highest BCUT2D eigenvalue weighted by Crippen LogP contribution is 2.32. The van der Waals surface area contributed by atoms with Crippen molar-refractivity contribution >= 4 is 34.6 Å². The first-order valence-corrected chi connectivity index (χ1v) is 10.8. The molecule has 0 atom stereocenters. The maximum Gasteiger partial charge on any atom is 0.255 e. The molecule has 0 bridgehead atoms. The summed E-state index contributed by atoms with van der Waals surface area (Å²) in [6, 6.07) is 15.3. The van der Waals surface area contributed by atoms with E-state index in [1.165, 1.54) is 5.69 Å². The van der Waals surface area contributed by atoms with Gasteiger partial charge in [0.15, 0.2) is 0 Å². The monoisotopic (exact) mass is 433 g/mol. The third kappa shape index (κ3) is 4.97.